The first-order valence-corrected chi connectivity index (χ1v) is 13.0. The number of aromatic hydroxyl groups is 1. The predicted octanol–water partition coefficient (Wildman–Crippen LogP) is 2.95. The van der Waals surface area contributed by atoms with Gasteiger partial charge in [0.05, 0.1) is 13.0 Å². The molecule has 0 aliphatic carbocycles. The smallest absolute Gasteiger partial charge is 0.243 e. The fourth-order valence-electron chi connectivity index (χ4n) is 3.06. The minimum absolute atomic E-state index is 0.232. The predicted molar refractivity (Wildman–Crippen MR) is 98.7 cm³/mol. The number of fused-ring (bicyclic) bond motifs is 1. The zero-order valence-corrected chi connectivity index (χ0v) is 16.3. The Hall–Kier alpha value is -1.63. The number of rotatable bonds is 3. The van der Waals surface area contributed by atoms with Crippen molar-refractivity contribution in [2.24, 2.45) is 0 Å². The summed E-state index contributed by atoms with van der Waals surface area (Å²) in [7, 11) is -5.23. The lowest BCUT2D eigenvalue weighted by Crippen LogP contribution is -2.38. The van der Waals surface area contributed by atoms with E-state index in [1.807, 2.05) is 19.1 Å². The SMILES string of the molecule is Cc1ccc(S(=O)(=O)N2Cc3ccc([Si](C)(C)C)c(O)c3C2)cc1. The molecule has 6 heteroatoms. The van der Waals surface area contributed by atoms with Gasteiger partial charge in [0.2, 0.25) is 10.0 Å². The zero-order chi connectivity index (χ0) is 17.7. The Kier molecular flexibility index (Phi) is 4.10. The molecule has 0 radical (unpaired) electrons. The number of benzene rings is 2. The molecule has 0 fully saturated rings. The van der Waals surface area contributed by atoms with Crippen LogP contribution in [-0.4, -0.2) is 25.9 Å². The van der Waals surface area contributed by atoms with Crippen LogP contribution in [0.1, 0.15) is 16.7 Å². The van der Waals surface area contributed by atoms with E-state index in [1.165, 1.54) is 4.31 Å². The second-order valence-electron chi connectivity index (χ2n) is 7.44. The van der Waals surface area contributed by atoms with Crippen LogP contribution in [0.5, 0.6) is 5.75 Å². The van der Waals surface area contributed by atoms with Crippen molar-refractivity contribution in [3.8, 4) is 5.75 Å². The van der Waals surface area contributed by atoms with Crippen molar-refractivity contribution >= 4 is 23.3 Å². The van der Waals surface area contributed by atoms with Crippen molar-refractivity contribution in [1.82, 2.24) is 4.31 Å². The monoisotopic (exact) mass is 361 g/mol. The number of aryl methyl sites for hydroxylation is 1. The van der Waals surface area contributed by atoms with Crippen LogP contribution in [-0.2, 0) is 23.1 Å². The van der Waals surface area contributed by atoms with Gasteiger partial charge in [-0.2, -0.15) is 4.31 Å². The van der Waals surface area contributed by atoms with Crippen LogP contribution in [0.2, 0.25) is 19.6 Å². The minimum Gasteiger partial charge on any atom is -0.508 e. The average molecular weight is 362 g/mol. The van der Waals surface area contributed by atoms with Gasteiger partial charge in [0, 0.05) is 18.7 Å². The summed E-state index contributed by atoms with van der Waals surface area (Å²) in [6, 6.07) is 10.8. The second-order valence-corrected chi connectivity index (χ2v) is 14.4. The lowest BCUT2D eigenvalue weighted by Gasteiger charge is -2.20. The first-order chi connectivity index (χ1) is 11.1. The summed E-state index contributed by atoms with van der Waals surface area (Å²) in [5, 5.41) is 11.6. The number of hydrogen-bond donors (Lipinski definition) is 1. The van der Waals surface area contributed by atoms with E-state index in [9.17, 15) is 13.5 Å². The molecule has 0 bridgehead atoms. The number of phenols is 1. The van der Waals surface area contributed by atoms with Gasteiger partial charge in [0.1, 0.15) is 5.75 Å². The fraction of sp³-hybridized carbons (Fsp3) is 0.333. The first-order valence-electron chi connectivity index (χ1n) is 8.02. The summed E-state index contributed by atoms with van der Waals surface area (Å²) >= 11 is 0. The molecule has 0 saturated heterocycles. The Labute approximate surface area is 144 Å². The molecular formula is C18H23NO3SSi. The average Bonchev–Trinajstić information content (AvgIpc) is 2.92. The van der Waals surface area contributed by atoms with Gasteiger partial charge in [0.25, 0.3) is 0 Å². The van der Waals surface area contributed by atoms with Crippen LogP contribution < -0.4 is 5.19 Å². The molecule has 2 aromatic rings. The van der Waals surface area contributed by atoms with Crippen molar-refractivity contribution in [2.45, 2.75) is 44.5 Å². The van der Waals surface area contributed by atoms with Gasteiger partial charge < -0.3 is 5.11 Å². The molecular weight excluding hydrogens is 338 g/mol. The molecule has 1 N–H and O–H groups in total. The summed E-state index contributed by atoms with van der Waals surface area (Å²) in [6.45, 7) is 8.98. The van der Waals surface area contributed by atoms with Crippen LogP contribution in [0.3, 0.4) is 0 Å². The Balaban J connectivity index is 1.97. The largest absolute Gasteiger partial charge is 0.508 e. The molecule has 0 saturated carbocycles. The molecule has 1 heterocycles. The van der Waals surface area contributed by atoms with Crippen LogP contribution in [0.25, 0.3) is 0 Å². The van der Waals surface area contributed by atoms with Gasteiger partial charge in [0.15, 0.2) is 0 Å². The quantitative estimate of drug-likeness (QED) is 0.855. The summed E-state index contributed by atoms with van der Waals surface area (Å²) in [5.74, 6) is 0.285. The van der Waals surface area contributed by atoms with E-state index in [0.717, 1.165) is 21.9 Å². The third-order valence-electron chi connectivity index (χ3n) is 4.53. The molecule has 2 aromatic carbocycles. The van der Waals surface area contributed by atoms with Gasteiger partial charge in [-0.05, 0) is 29.8 Å². The highest BCUT2D eigenvalue weighted by Gasteiger charge is 2.34. The third kappa shape index (κ3) is 2.90. The van der Waals surface area contributed by atoms with E-state index in [0.29, 0.717) is 11.4 Å². The highest BCUT2D eigenvalue weighted by Crippen LogP contribution is 2.33. The van der Waals surface area contributed by atoms with Gasteiger partial charge in [-0.15, -0.1) is 0 Å². The molecule has 1 aliphatic heterocycles. The second kappa shape index (κ2) is 5.72. The van der Waals surface area contributed by atoms with Crippen molar-refractivity contribution in [3.05, 3.63) is 53.1 Å². The van der Waals surface area contributed by atoms with Crippen molar-refractivity contribution in [2.75, 3.05) is 0 Å². The summed E-state index contributed by atoms with van der Waals surface area (Å²) < 4.78 is 27.2. The lowest BCUT2D eigenvalue weighted by atomic mass is 10.1. The number of nitrogens with zero attached hydrogens (tertiary/aromatic N) is 1. The van der Waals surface area contributed by atoms with Crippen molar-refractivity contribution in [1.29, 1.82) is 0 Å². The molecule has 3 rings (SSSR count). The van der Waals surface area contributed by atoms with Gasteiger partial charge in [-0.25, -0.2) is 8.42 Å². The van der Waals surface area contributed by atoms with Gasteiger partial charge >= 0.3 is 0 Å². The lowest BCUT2D eigenvalue weighted by molar-refractivity contribution is 0.423. The fourth-order valence-corrected chi connectivity index (χ4v) is 5.89. The third-order valence-corrected chi connectivity index (χ3v) is 8.35. The van der Waals surface area contributed by atoms with E-state index >= 15 is 0 Å². The maximum absolute atomic E-state index is 12.9. The van der Waals surface area contributed by atoms with E-state index in [4.69, 9.17) is 0 Å². The molecule has 4 nitrogen and oxygen atoms in total. The van der Waals surface area contributed by atoms with Crippen LogP contribution in [0.15, 0.2) is 41.3 Å². The van der Waals surface area contributed by atoms with Crippen molar-refractivity contribution in [3.63, 3.8) is 0 Å². The maximum Gasteiger partial charge on any atom is 0.243 e. The molecule has 24 heavy (non-hydrogen) atoms. The molecule has 0 aromatic heterocycles. The molecule has 1 aliphatic rings. The number of phenolic OH excluding ortho intramolecular Hbond substituents is 1. The highest BCUT2D eigenvalue weighted by atomic mass is 32.2. The highest BCUT2D eigenvalue weighted by molar-refractivity contribution is 7.89. The van der Waals surface area contributed by atoms with E-state index in [2.05, 4.69) is 19.6 Å². The Morgan fingerprint density at radius 3 is 2.21 bits per heavy atom. The Morgan fingerprint density at radius 2 is 1.62 bits per heavy atom. The van der Waals surface area contributed by atoms with Crippen molar-refractivity contribution < 1.29 is 13.5 Å². The summed E-state index contributed by atoms with van der Waals surface area (Å²) in [6.07, 6.45) is 0. The normalized spacial score (nSPS) is 15.5. The molecule has 0 atom stereocenters. The summed E-state index contributed by atoms with van der Waals surface area (Å²) in [4.78, 5) is 0.297. The standard InChI is InChI=1S/C18H23NO3SSi/c1-13-5-8-15(9-6-13)23(21,22)19-11-14-7-10-17(24(2,3)4)18(20)16(14)12-19/h5-10,20H,11-12H2,1-4H3. The van der Waals surface area contributed by atoms with E-state index in [1.54, 1.807) is 24.3 Å². The summed E-state index contributed by atoms with van der Waals surface area (Å²) in [5.41, 5.74) is 2.67. The van der Waals surface area contributed by atoms with Crippen LogP contribution >= 0.6 is 0 Å². The molecule has 128 valence electrons. The molecule has 0 amide bonds. The van der Waals surface area contributed by atoms with E-state index in [-0.39, 0.29) is 12.3 Å². The molecule has 0 spiro atoms. The number of sulfonamides is 1. The van der Waals surface area contributed by atoms with Gasteiger partial charge in [-0.1, -0.05) is 49.5 Å². The Morgan fingerprint density at radius 1 is 1.00 bits per heavy atom. The zero-order valence-electron chi connectivity index (χ0n) is 14.5. The first kappa shape index (κ1) is 17.2. The Bertz CT molecular complexity index is 884. The minimum atomic E-state index is -3.55. The van der Waals surface area contributed by atoms with Gasteiger partial charge in [-0.3, -0.25) is 0 Å². The maximum atomic E-state index is 12.9. The van der Waals surface area contributed by atoms with E-state index < -0.39 is 18.1 Å². The van der Waals surface area contributed by atoms with Crippen LogP contribution in [0.4, 0.5) is 0 Å². The topological polar surface area (TPSA) is 57.6 Å². The molecule has 0 unspecified atom stereocenters. The van der Waals surface area contributed by atoms with Crippen LogP contribution in [0, 0.1) is 6.92 Å². The number of hydrogen-bond acceptors (Lipinski definition) is 3.